The molecule has 1 heterocycles. The molecule has 100 valence electrons. The van der Waals surface area contributed by atoms with E-state index in [2.05, 4.69) is 27.8 Å². The van der Waals surface area contributed by atoms with Crippen LogP contribution in [0.3, 0.4) is 0 Å². The van der Waals surface area contributed by atoms with Gasteiger partial charge in [0.15, 0.2) is 0 Å². The number of halogens is 3. The van der Waals surface area contributed by atoms with Gasteiger partial charge in [-0.3, -0.25) is 4.90 Å². The monoisotopic (exact) mass is 351 g/mol. The van der Waals surface area contributed by atoms with Crippen LogP contribution in [0.4, 0.5) is 0 Å². The van der Waals surface area contributed by atoms with E-state index in [0.717, 1.165) is 40.6 Å². The van der Waals surface area contributed by atoms with E-state index in [4.69, 9.17) is 27.9 Å². The molecule has 1 saturated heterocycles. The summed E-state index contributed by atoms with van der Waals surface area (Å²) in [6.45, 7) is 4.75. The minimum Gasteiger partial charge on any atom is -0.372 e. The van der Waals surface area contributed by atoms with Crippen molar-refractivity contribution in [1.29, 1.82) is 0 Å². The Morgan fingerprint density at radius 3 is 2.89 bits per heavy atom. The highest BCUT2D eigenvalue weighted by atomic mass is 79.9. The molecule has 2 nitrogen and oxygen atoms in total. The number of hydrogen-bond donors (Lipinski definition) is 0. The SMILES string of the molecule is CC1CN(Cc2cc(Cl)ccc2Cl)CC(CBr)O1. The first kappa shape index (κ1) is 14.6. The quantitative estimate of drug-likeness (QED) is 0.763. The third-order valence-electron chi connectivity index (χ3n) is 2.98. The minimum atomic E-state index is 0.242. The van der Waals surface area contributed by atoms with Crippen LogP contribution in [-0.4, -0.2) is 35.5 Å². The topological polar surface area (TPSA) is 12.5 Å². The van der Waals surface area contributed by atoms with Crippen molar-refractivity contribution in [3.8, 4) is 0 Å². The maximum Gasteiger partial charge on any atom is 0.0802 e. The average molecular weight is 353 g/mol. The second-order valence-electron chi connectivity index (χ2n) is 4.65. The van der Waals surface area contributed by atoms with Gasteiger partial charge >= 0.3 is 0 Å². The molecule has 0 bridgehead atoms. The third-order valence-corrected chi connectivity index (χ3v) is 4.30. The Morgan fingerprint density at radius 2 is 2.17 bits per heavy atom. The van der Waals surface area contributed by atoms with Crippen LogP contribution in [0.15, 0.2) is 18.2 Å². The summed E-state index contributed by atoms with van der Waals surface area (Å²) in [4.78, 5) is 2.36. The second kappa shape index (κ2) is 6.58. The van der Waals surface area contributed by atoms with Gasteiger partial charge in [-0.15, -0.1) is 0 Å². The summed E-state index contributed by atoms with van der Waals surface area (Å²) >= 11 is 15.7. The smallest absolute Gasteiger partial charge is 0.0802 e. The van der Waals surface area contributed by atoms with Gasteiger partial charge in [-0.2, -0.15) is 0 Å². The fraction of sp³-hybridized carbons (Fsp3) is 0.538. The van der Waals surface area contributed by atoms with E-state index in [9.17, 15) is 0 Å². The molecule has 0 spiro atoms. The molecule has 0 aliphatic carbocycles. The van der Waals surface area contributed by atoms with Gasteiger partial charge < -0.3 is 4.74 Å². The van der Waals surface area contributed by atoms with Crippen LogP contribution >= 0.6 is 39.1 Å². The predicted molar refractivity (Wildman–Crippen MR) is 79.9 cm³/mol. The lowest BCUT2D eigenvalue weighted by Gasteiger charge is -2.36. The molecule has 1 fully saturated rings. The molecule has 0 aromatic heterocycles. The number of ether oxygens (including phenoxy) is 1. The Morgan fingerprint density at radius 1 is 1.39 bits per heavy atom. The highest BCUT2D eigenvalue weighted by molar-refractivity contribution is 9.09. The molecular weight excluding hydrogens is 337 g/mol. The number of rotatable bonds is 3. The van der Waals surface area contributed by atoms with Gasteiger partial charge in [0, 0.05) is 35.0 Å². The second-order valence-corrected chi connectivity index (χ2v) is 6.14. The van der Waals surface area contributed by atoms with Crippen LogP contribution in [0.5, 0.6) is 0 Å². The maximum atomic E-state index is 6.20. The number of morpholine rings is 1. The van der Waals surface area contributed by atoms with Crippen LogP contribution in [0.2, 0.25) is 10.0 Å². The van der Waals surface area contributed by atoms with Gasteiger partial charge in [0.2, 0.25) is 0 Å². The summed E-state index contributed by atoms with van der Waals surface area (Å²) in [5.41, 5.74) is 1.08. The molecule has 1 aromatic carbocycles. The van der Waals surface area contributed by atoms with Crippen molar-refractivity contribution in [2.75, 3.05) is 18.4 Å². The zero-order valence-corrected chi connectivity index (χ0v) is 13.3. The van der Waals surface area contributed by atoms with E-state index in [-0.39, 0.29) is 12.2 Å². The summed E-state index contributed by atoms with van der Waals surface area (Å²) in [5, 5.41) is 2.36. The number of alkyl halides is 1. The highest BCUT2D eigenvalue weighted by Crippen LogP contribution is 2.23. The maximum absolute atomic E-state index is 6.20. The van der Waals surface area contributed by atoms with Crippen LogP contribution in [0, 0.1) is 0 Å². The van der Waals surface area contributed by atoms with Crippen molar-refractivity contribution in [3.63, 3.8) is 0 Å². The lowest BCUT2D eigenvalue weighted by atomic mass is 10.1. The Hall–Kier alpha value is 0.200. The number of nitrogens with zero attached hydrogens (tertiary/aromatic N) is 1. The van der Waals surface area contributed by atoms with Crippen molar-refractivity contribution in [2.24, 2.45) is 0 Å². The molecule has 5 heteroatoms. The molecule has 18 heavy (non-hydrogen) atoms. The largest absolute Gasteiger partial charge is 0.372 e. The minimum absolute atomic E-state index is 0.242. The zero-order chi connectivity index (χ0) is 13.1. The van der Waals surface area contributed by atoms with E-state index >= 15 is 0 Å². The summed E-state index contributed by atoms with van der Waals surface area (Å²) in [6, 6.07) is 5.61. The van der Waals surface area contributed by atoms with Crippen molar-refractivity contribution < 1.29 is 4.74 Å². The van der Waals surface area contributed by atoms with Crippen LogP contribution in [0.25, 0.3) is 0 Å². The van der Waals surface area contributed by atoms with Crippen LogP contribution < -0.4 is 0 Å². The summed E-state index contributed by atoms with van der Waals surface area (Å²) in [6.07, 6.45) is 0.492. The molecular formula is C13H16BrCl2NO. The molecule has 1 aliphatic heterocycles. The molecule has 0 amide bonds. The molecule has 0 N–H and O–H groups in total. The first-order valence-corrected chi connectivity index (χ1v) is 7.84. The number of benzene rings is 1. The zero-order valence-electron chi connectivity index (χ0n) is 10.2. The summed E-state index contributed by atoms with van der Waals surface area (Å²) < 4.78 is 5.81. The molecule has 2 atom stereocenters. The Labute approximate surface area is 126 Å². The van der Waals surface area contributed by atoms with Crippen LogP contribution in [0.1, 0.15) is 12.5 Å². The Balaban J connectivity index is 2.06. The van der Waals surface area contributed by atoms with E-state index in [1.54, 1.807) is 0 Å². The molecule has 1 aliphatic rings. The van der Waals surface area contributed by atoms with Crippen LogP contribution in [-0.2, 0) is 11.3 Å². The van der Waals surface area contributed by atoms with E-state index in [1.165, 1.54) is 0 Å². The summed E-state index contributed by atoms with van der Waals surface area (Å²) in [5.74, 6) is 0. The normalized spacial score (nSPS) is 25.3. The fourth-order valence-electron chi connectivity index (χ4n) is 2.26. The lowest BCUT2D eigenvalue weighted by molar-refractivity contribution is -0.0677. The van der Waals surface area contributed by atoms with Crippen molar-refractivity contribution in [2.45, 2.75) is 25.7 Å². The van der Waals surface area contributed by atoms with Gasteiger partial charge in [0.05, 0.1) is 12.2 Å². The molecule has 0 saturated carbocycles. The van der Waals surface area contributed by atoms with Gasteiger partial charge in [-0.25, -0.2) is 0 Å². The molecule has 2 unspecified atom stereocenters. The average Bonchev–Trinajstić information content (AvgIpc) is 2.33. The predicted octanol–water partition coefficient (Wildman–Crippen LogP) is 3.98. The third kappa shape index (κ3) is 3.84. The Kier molecular flexibility index (Phi) is 5.34. The first-order chi connectivity index (χ1) is 8.58. The lowest BCUT2D eigenvalue weighted by Crippen LogP contribution is -2.46. The Bertz CT molecular complexity index is 416. The summed E-state index contributed by atoms with van der Waals surface area (Å²) in [7, 11) is 0. The standard InChI is InChI=1S/C13H16BrCl2NO/c1-9-6-17(8-12(5-14)18-9)7-10-4-11(15)2-3-13(10)16/h2-4,9,12H,5-8H2,1H3. The molecule has 1 aromatic rings. The van der Waals surface area contributed by atoms with Crippen molar-refractivity contribution >= 4 is 39.1 Å². The first-order valence-electron chi connectivity index (χ1n) is 5.96. The van der Waals surface area contributed by atoms with E-state index in [0.29, 0.717) is 0 Å². The molecule has 2 rings (SSSR count). The van der Waals surface area contributed by atoms with Gasteiger partial charge in [0.25, 0.3) is 0 Å². The van der Waals surface area contributed by atoms with Gasteiger partial charge in [-0.1, -0.05) is 39.1 Å². The van der Waals surface area contributed by atoms with E-state index < -0.39 is 0 Å². The van der Waals surface area contributed by atoms with Gasteiger partial charge in [-0.05, 0) is 30.7 Å². The molecule has 0 radical (unpaired) electrons. The van der Waals surface area contributed by atoms with Crippen molar-refractivity contribution in [1.82, 2.24) is 4.90 Å². The van der Waals surface area contributed by atoms with E-state index in [1.807, 2.05) is 18.2 Å². The van der Waals surface area contributed by atoms with Crippen molar-refractivity contribution in [3.05, 3.63) is 33.8 Å². The fourth-order valence-corrected chi connectivity index (χ4v) is 2.99. The number of hydrogen-bond acceptors (Lipinski definition) is 2. The highest BCUT2D eigenvalue weighted by Gasteiger charge is 2.24. The van der Waals surface area contributed by atoms with Gasteiger partial charge in [0.1, 0.15) is 0 Å².